The molecule has 0 saturated heterocycles. The first kappa shape index (κ1) is 10.1. The molecule has 0 amide bonds. The van der Waals surface area contributed by atoms with Gasteiger partial charge in [0.15, 0.2) is 5.65 Å². The van der Waals surface area contributed by atoms with Gasteiger partial charge in [0.25, 0.3) is 5.56 Å². The number of aromatic amines is 1. The summed E-state index contributed by atoms with van der Waals surface area (Å²) < 4.78 is 2.18. The summed E-state index contributed by atoms with van der Waals surface area (Å²) in [5.74, 6) is 1.52. The molecule has 0 aromatic carbocycles. The number of nitrogens with one attached hydrogen (secondary N) is 1. The molecule has 2 aromatic heterocycles. The molecule has 0 radical (unpaired) electrons. The summed E-state index contributed by atoms with van der Waals surface area (Å²) in [6.07, 6.45) is 2.41. The van der Waals surface area contributed by atoms with Crippen LogP contribution in [0.25, 0.3) is 11.2 Å². The van der Waals surface area contributed by atoms with Gasteiger partial charge in [0, 0.05) is 13.1 Å². The second kappa shape index (κ2) is 3.63. The van der Waals surface area contributed by atoms with E-state index in [1.54, 1.807) is 0 Å². The number of aromatic nitrogens is 4. The molecule has 0 spiro atoms. The number of carbonyl (C=O) groups excluding carboxylic acids is 1. The molecule has 0 bridgehead atoms. The average molecular weight is 220 g/mol. The lowest BCUT2D eigenvalue weighted by Gasteiger charge is -2.04. The summed E-state index contributed by atoms with van der Waals surface area (Å²) in [5, 5.41) is 0. The van der Waals surface area contributed by atoms with Crippen LogP contribution < -0.4 is 11.2 Å². The van der Waals surface area contributed by atoms with Crippen molar-refractivity contribution >= 4 is 17.1 Å². The maximum absolute atomic E-state index is 11.8. The number of rotatable bonds is 2. The normalized spacial score (nSPS) is 10.3. The van der Waals surface area contributed by atoms with Gasteiger partial charge >= 0.3 is 5.69 Å². The third-order valence-electron chi connectivity index (χ3n) is 2.27. The number of H-pyrrole nitrogens is 1. The van der Waals surface area contributed by atoms with Crippen molar-refractivity contribution in [3.05, 3.63) is 33.2 Å². The molecule has 7 nitrogen and oxygen atoms in total. The first-order chi connectivity index (χ1) is 7.66. The molecule has 0 aliphatic carbocycles. The van der Waals surface area contributed by atoms with E-state index >= 15 is 0 Å². The fraction of sp³-hybridized carbons (Fsp3) is 0.222. The highest BCUT2D eigenvalue weighted by Crippen LogP contribution is 1.98. The molecule has 2 heterocycles. The largest absolute Gasteiger partial charge is 0.339 e. The fourth-order valence-electron chi connectivity index (χ4n) is 1.48. The highest BCUT2D eigenvalue weighted by molar-refractivity contribution is 5.68. The van der Waals surface area contributed by atoms with E-state index in [9.17, 15) is 14.4 Å². The number of imidazole rings is 1. The smallest absolute Gasteiger partial charge is 0.332 e. The van der Waals surface area contributed by atoms with E-state index in [0.29, 0.717) is 5.65 Å². The Labute approximate surface area is 88.7 Å². The van der Waals surface area contributed by atoms with Crippen molar-refractivity contribution in [2.45, 2.75) is 6.54 Å². The van der Waals surface area contributed by atoms with Crippen molar-refractivity contribution in [1.82, 2.24) is 19.1 Å². The van der Waals surface area contributed by atoms with Gasteiger partial charge in [-0.2, -0.15) is 0 Å². The van der Waals surface area contributed by atoms with Gasteiger partial charge in [-0.15, -0.1) is 0 Å². The molecule has 0 fully saturated rings. The molecule has 0 aliphatic heterocycles. The topological polar surface area (TPSA) is 89.8 Å². The SMILES string of the molecule is Cn1c(=O)n(CC=C=O)c(=O)c2[nH]cnc21. The molecule has 1 N–H and O–H groups in total. The van der Waals surface area contributed by atoms with E-state index in [2.05, 4.69) is 9.97 Å². The van der Waals surface area contributed by atoms with Crippen molar-refractivity contribution in [2.24, 2.45) is 7.05 Å². The zero-order valence-electron chi connectivity index (χ0n) is 8.43. The summed E-state index contributed by atoms with van der Waals surface area (Å²) in [7, 11) is 1.51. The highest BCUT2D eigenvalue weighted by Gasteiger charge is 2.11. The molecule has 2 rings (SSSR count). The maximum Gasteiger partial charge on any atom is 0.332 e. The van der Waals surface area contributed by atoms with Crippen LogP contribution >= 0.6 is 0 Å². The highest BCUT2D eigenvalue weighted by atomic mass is 16.2. The summed E-state index contributed by atoms with van der Waals surface area (Å²) in [6.45, 7) is -0.0933. The van der Waals surface area contributed by atoms with Crippen LogP contribution in [0.15, 0.2) is 22.0 Å². The predicted octanol–water partition coefficient (Wildman–Crippen LogP) is -1.19. The number of hydrogen-bond acceptors (Lipinski definition) is 4. The Morgan fingerprint density at radius 1 is 1.56 bits per heavy atom. The third-order valence-corrected chi connectivity index (χ3v) is 2.27. The first-order valence-corrected chi connectivity index (χ1v) is 4.49. The second-order valence-corrected chi connectivity index (χ2v) is 3.18. The lowest BCUT2D eigenvalue weighted by molar-refractivity contribution is 0.566. The van der Waals surface area contributed by atoms with Gasteiger partial charge in [0.05, 0.1) is 12.9 Å². The van der Waals surface area contributed by atoms with E-state index in [1.165, 1.54) is 23.9 Å². The Morgan fingerprint density at radius 2 is 2.31 bits per heavy atom. The molecule has 82 valence electrons. The Bertz CT molecular complexity index is 700. The Morgan fingerprint density at radius 3 is 3.00 bits per heavy atom. The zero-order valence-corrected chi connectivity index (χ0v) is 8.43. The molecular formula is C9H8N4O3. The number of aryl methyl sites for hydroxylation is 1. The number of hydrogen-bond donors (Lipinski definition) is 1. The summed E-state index contributed by atoms with van der Waals surface area (Å²) in [6, 6.07) is 0. The quantitative estimate of drug-likeness (QED) is 0.644. The van der Waals surface area contributed by atoms with Gasteiger partial charge in [0.1, 0.15) is 11.5 Å². The summed E-state index contributed by atoms with van der Waals surface area (Å²) in [4.78, 5) is 40.1. The number of fused-ring (bicyclic) bond motifs is 1. The van der Waals surface area contributed by atoms with Crippen molar-refractivity contribution in [3.63, 3.8) is 0 Å². The van der Waals surface area contributed by atoms with Gasteiger partial charge in [-0.05, 0) is 0 Å². The van der Waals surface area contributed by atoms with Crippen molar-refractivity contribution in [3.8, 4) is 0 Å². The minimum absolute atomic E-state index is 0.0933. The van der Waals surface area contributed by atoms with E-state index in [4.69, 9.17) is 0 Å². The molecule has 0 atom stereocenters. The molecule has 0 unspecified atom stereocenters. The van der Waals surface area contributed by atoms with Crippen LogP contribution in [0, 0.1) is 0 Å². The van der Waals surface area contributed by atoms with Crippen LogP contribution in [-0.2, 0) is 18.4 Å². The maximum atomic E-state index is 11.8. The minimum atomic E-state index is -0.517. The third kappa shape index (κ3) is 1.31. The number of allylic oxidation sites excluding steroid dienone is 1. The van der Waals surface area contributed by atoms with E-state index < -0.39 is 11.2 Å². The first-order valence-electron chi connectivity index (χ1n) is 4.49. The molecule has 0 aliphatic rings. The fourth-order valence-corrected chi connectivity index (χ4v) is 1.48. The lowest BCUT2D eigenvalue weighted by atomic mass is 10.5. The predicted molar refractivity (Wildman–Crippen MR) is 55.9 cm³/mol. The van der Waals surface area contributed by atoms with Gasteiger partial charge in [0.2, 0.25) is 0 Å². The molecular weight excluding hydrogens is 212 g/mol. The van der Waals surface area contributed by atoms with Crippen LogP contribution in [0.4, 0.5) is 0 Å². The average Bonchev–Trinajstić information content (AvgIpc) is 2.75. The van der Waals surface area contributed by atoms with E-state index in [-0.39, 0.29) is 12.1 Å². The monoisotopic (exact) mass is 220 g/mol. The molecule has 0 saturated carbocycles. The Kier molecular flexibility index (Phi) is 2.30. The summed E-state index contributed by atoms with van der Waals surface area (Å²) >= 11 is 0. The standard InChI is InChI=1S/C9H8N4O3/c1-12-7-6(10-5-11-7)8(15)13(9(12)16)3-2-4-14/h2,5H,3H2,1H3,(H,10,11). The Hall–Kier alpha value is -2.40. The molecule has 16 heavy (non-hydrogen) atoms. The van der Waals surface area contributed by atoms with Gasteiger partial charge in [-0.25, -0.2) is 14.6 Å². The second-order valence-electron chi connectivity index (χ2n) is 3.18. The van der Waals surface area contributed by atoms with Crippen molar-refractivity contribution < 1.29 is 4.79 Å². The lowest BCUT2D eigenvalue weighted by Crippen LogP contribution is -2.38. The molecule has 7 heteroatoms. The van der Waals surface area contributed by atoms with Crippen LogP contribution in [0.5, 0.6) is 0 Å². The summed E-state index contributed by atoms with van der Waals surface area (Å²) in [5.41, 5.74) is -0.485. The van der Waals surface area contributed by atoms with Crippen LogP contribution in [0.3, 0.4) is 0 Å². The number of nitrogens with zero attached hydrogens (tertiary/aromatic N) is 3. The van der Waals surface area contributed by atoms with Gasteiger partial charge in [-0.1, -0.05) is 0 Å². The Balaban J connectivity index is 2.88. The minimum Gasteiger partial charge on any atom is -0.339 e. The van der Waals surface area contributed by atoms with Crippen molar-refractivity contribution in [2.75, 3.05) is 0 Å². The van der Waals surface area contributed by atoms with Crippen LogP contribution in [0.1, 0.15) is 0 Å². The van der Waals surface area contributed by atoms with Crippen molar-refractivity contribution in [1.29, 1.82) is 0 Å². The van der Waals surface area contributed by atoms with E-state index in [1.807, 2.05) is 0 Å². The van der Waals surface area contributed by atoms with Gasteiger partial charge in [-0.3, -0.25) is 13.9 Å². The van der Waals surface area contributed by atoms with Gasteiger partial charge < -0.3 is 4.98 Å². The zero-order chi connectivity index (χ0) is 11.7. The van der Waals surface area contributed by atoms with Crippen LogP contribution in [0.2, 0.25) is 0 Å². The molecule has 2 aromatic rings. The van der Waals surface area contributed by atoms with Crippen LogP contribution in [-0.4, -0.2) is 25.0 Å². The van der Waals surface area contributed by atoms with E-state index in [0.717, 1.165) is 10.6 Å².